The first-order valence-corrected chi connectivity index (χ1v) is 9.27. The molecule has 0 aliphatic heterocycles. The molecular weight excluding hydrogens is 318 g/mol. The van der Waals surface area contributed by atoms with Gasteiger partial charge in [0.15, 0.2) is 0 Å². The summed E-state index contributed by atoms with van der Waals surface area (Å²) in [6.45, 7) is 5.56. The Hall–Kier alpha value is 0.01000. The van der Waals surface area contributed by atoms with Crippen molar-refractivity contribution in [2.45, 2.75) is 39.2 Å². The summed E-state index contributed by atoms with van der Waals surface area (Å²) in [7, 11) is 0. The largest absolute Gasteiger partial charge is 0.314 e. The minimum atomic E-state index is 0.575. The molecule has 1 unspecified atom stereocenters. The van der Waals surface area contributed by atoms with Crippen molar-refractivity contribution in [3.05, 3.63) is 34.3 Å². The van der Waals surface area contributed by atoms with Gasteiger partial charge in [-0.3, -0.25) is 0 Å². The third-order valence-corrected chi connectivity index (χ3v) is 4.38. The van der Waals surface area contributed by atoms with Crippen molar-refractivity contribution in [1.82, 2.24) is 5.32 Å². The van der Waals surface area contributed by atoms with Gasteiger partial charge in [-0.05, 0) is 61.4 Å². The Bertz CT molecular complexity index is 354. The van der Waals surface area contributed by atoms with Crippen molar-refractivity contribution < 1.29 is 0 Å². The second-order valence-corrected chi connectivity index (χ2v) is 7.30. The monoisotopic (exact) mass is 343 g/mol. The highest BCUT2D eigenvalue weighted by Crippen LogP contribution is 2.18. The average molecular weight is 344 g/mol. The maximum absolute atomic E-state index is 3.59. The molecule has 0 aliphatic rings. The molecule has 0 spiro atoms. The number of nitrogens with one attached hydrogen (secondary N) is 1. The van der Waals surface area contributed by atoms with Gasteiger partial charge in [0.05, 0.1) is 0 Å². The van der Waals surface area contributed by atoms with Gasteiger partial charge in [-0.25, -0.2) is 0 Å². The minimum absolute atomic E-state index is 0.575. The third kappa shape index (κ3) is 8.01. The van der Waals surface area contributed by atoms with E-state index in [1.54, 1.807) is 0 Å². The number of halogens is 1. The van der Waals surface area contributed by atoms with Crippen LogP contribution in [0.2, 0.25) is 0 Å². The van der Waals surface area contributed by atoms with Crippen molar-refractivity contribution in [2.75, 3.05) is 18.6 Å². The van der Waals surface area contributed by atoms with Crippen LogP contribution in [-0.2, 0) is 6.42 Å². The molecule has 19 heavy (non-hydrogen) atoms. The highest BCUT2D eigenvalue weighted by atomic mass is 79.9. The van der Waals surface area contributed by atoms with Gasteiger partial charge in [-0.15, -0.1) is 0 Å². The van der Waals surface area contributed by atoms with E-state index in [1.807, 2.05) is 11.8 Å². The van der Waals surface area contributed by atoms with Gasteiger partial charge in [0.25, 0.3) is 0 Å². The lowest BCUT2D eigenvalue weighted by molar-refractivity contribution is 0.419. The Kier molecular flexibility index (Phi) is 8.84. The average Bonchev–Trinajstić information content (AvgIpc) is 2.36. The van der Waals surface area contributed by atoms with E-state index in [2.05, 4.69) is 65.6 Å². The molecule has 1 rings (SSSR count). The summed E-state index contributed by atoms with van der Waals surface area (Å²) in [5.74, 6) is 2.01. The number of benzene rings is 1. The lowest BCUT2D eigenvalue weighted by Gasteiger charge is -2.19. The fourth-order valence-electron chi connectivity index (χ4n) is 2.19. The van der Waals surface area contributed by atoms with Crippen molar-refractivity contribution in [3.63, 3.8) is 0 Å². The smallest absolute Gasteiger partial charge is 0.0177 e. The van der Waals surface area contributed by atoms with Crippen LogP contribution in [0.1, 0.15) is 32.3 Å². The van der Waals surface area contributed by atoms with E-state index in [-0.39, 0.29) is 0 Å². The molecule has 1 aromatic rings. The zero-order valence-corrected chi connectivity index (χ0v) is 14.7. The van der Waals surface area contributed by atoms with E-state index in [9.17, 15) is 0 Å². The van der Waals surface area contributed by atoms with Gasteiger partial charge in [0.1, 0.15) is 0 Å². The van der Waals surface area contributed by atoms with Crippen molar-refractivity contribution in [1.29, 1.82) is 0 Å². The topological polar surface area (TPSA) is 12.0 Å². The van der Waals surface area contributed by atoms with Crippen molar-refractivity contribution in [3.8, 4) is 0 Å². The summed E-state index contributed by atoms with van der Waals surface area (Å²) in [5, 5.41) is 3.59. The Morgan fingerprint density at radius 2 is 2.11 bits per heavy atom. The standard InChI is InChI=1S/C16H26BrNS/c1-13(2)18-12-15(7-5-9-19-3)10-14-6-4-8-16(17)11-14/h4,6,8,11,13,15,18H,5,7,9-10,12H2,1-3H3. The number of thioether (sulfide) groups is 1. The fourth-order valence-corrected chi connectivity index (χ4v) is 3.09. The molecule has 0 fully saturated rings. The molecule has 0 aliphatic carbocycles. The number of hydrogen-bond donors (Lipinski definition) is 1. The SMILES string of the molecule is CSCCCC(CNC(C)C)Cc1cccc(Br)c1. The van der Waals surface area contributed by atoms with E-state index in [4.69, 9.17) is 0 Å². The van der Waals surface area contributed by atoms with Crippen LogP contribution >= 0.6 is 27.7 Å². The summed E-state index contributed by atoms with van der Waals surface area (Å²) in [4.78, 5) is 0. The molecule has 0 saturated heterocycles. The summed E-state index contributed by atoms with van der Waals surface area (Å²) < 4.78 is 1.18. The van der Waals surface area contributed by atoms with Gasteiger partial charge in [-0.1, -0.05) is 41.9 Å². The first-order chi connectivity index (χ1) is 9.11. The maximum atomic E-state index is 3.59. The van der Waals surface area contributed by atoms with E-state index in [1.165, 1.54) is 35.1 Å². The molecule has 3 heteroatoms. The van der Waals surface area contributed by atoms with Crippen LogP contribution in [0, 0.1) is 5.92 Å². The lowest BCUT2D eigenvalue weighted by atomic mass is 9.95. The third-order valence-electron chi connectivity index (χ3n) is 3.19. The highest BCUT2D eigenvalue weighted by molar-refractivity contribution is 9.10. The predicted molar refractivity (Wildman–Crippen MR) is 92.1 cm³/mol. The van der Waals surface area contributed by atoms with Crippen LogP contribution in [0.3, 0.4) is 0 Å². The van der Waals surface area contributed by atoms with E-state index >= 15 is 0 Å². The molecule has 108 valence electrons. The van der Waals surface area contributed by atoms with E-state index in [0.29, 0.717) is 6.04 Å². The first-order valence-electron chi connectivity index (χ1n) is 7.08. The summed E-state index contributed by atoms with van der Waals surface area (Å²) in [6, 6.07) is 9.29. The predicted octanol–water partition coefficient (Wildman–Crippen LogP) is 4.75. The first kappa shape index (κ1) is 17.1. The number of rotatable bonds is 9. The Balaban J connectivity index is 2.51. The lowest BCUT2D eigenvalue weighted by Crippen LogP contribution is -2.30. The molecule has 1 atom stereocenters. The van der Waals surface area contributed by atoms with Crippen LogP contribution < -0.4 is 5.32 Å². The summed E-state index contributed by atoms with van der Waals surface area (Å²) in [6.07, 6.45) is 6.00. The Morgan fingerprint density at radius 1 is 1.32 bits per heavy atom. The minimum Gasteiger partial charge on any atom is -0.314 e. The molecule has 0 heterocycles. The van der Waals surface area contributed by atoms with E-state index in [0.717, 1.165) is 12.5 Å². The number of hydrogen-bond acceptors (Lipinski definition) is 2. The van der Waals surface area contributed by atoms with Gasteiger partial charge in [0.2, 0.25) is 0 Å². The van der Waals surface area contributed by atoms with Crippen LogP contribution in [-0.4, -0.2) is 24.6 Å². The van der Waals surface area contributed by atoms with Gasteiger partial charge < -0.3 is 5.32 Å². The second kappa shape index (κ2) is 9.84. The normalized spacial score (nSPS) is 12.9. The molecule has 0 bridgehead atoms. The molecule has 1 N–H and O–H groups in total. The molecule has 0 saturated carbocycles. The molecule has 1 nitrogen and oxygen atoms in total. The second-order valence-electron chi connectivity index (χ2n) is 5.40. The van der Waals surface area contributed by atoms with Crippen molar-refractivity contribution in [2.24, 2.45) is 5.92 Å². The maximum Gasteiger partial charge on any atom is 0.0177 e. The zero-order chi connectivity index (χ0) is 14.1. The van der Waals surface area contributed by atoms with Crippen molar-refractivity contribution >= 4 is 27.7 Å². The zero-order valence-electron chi connectivity index (χ0n) is 12.3. The summed E-state index contributed by atoms with van der Waals surface area (Å²) in [5.41, 5.74) is 1.44. The summed E-state index contributed by atoms with van der Waals surface area (Å²) >= 11 is 5.51. The highest BCUT2D eigenvalue weighted by Gasteiger charge is 2.10. The van der Waals surface area contributed by atoms with Crippen LogP contribution in [0.25, 0.3) is 0 Å². The molecular formula is C16H26BrNS. The van der Waals surface area contributed by atoms with Crippen LogP contribution in [0.15, 0.2) is 28.7 Å². The van der Waals surface area contributed by atoms with E-state index < -0.39 is 0 Å². The molecule has 0 radical (unpaired) electrons. The van der Waals surface area contributed by atoms with Gasteiger partial charge >= 0.3 is 0 Å². The Labute approximate surface area is 131 Å². The van der Waals surface area contributed by atoms with Crippen LogP contribution in [0.4, 0.5) is 0 Å². The van der Waals surface area contributed by atoms with Gasteiger partial charge in [-0.2, -0.15) is 11.8 Å². The molecule has 0 amide bonds. The Morgan fingerprint density at radius 3 is 2.74 bits per heavy atom. The van der Waals surface area contributed by atoms with Crippen LogP contribution in [0.5, 0.6) is 0 Å². The molecule has 1 aromatic carbocycles. The van der Waals surface area contributed by atoms with Gasteiger partial charge in [0, 0.05) is 10.5 Å². The molecule has 0 aromatic heterocycles. The quantitative estimate of drug-likeness (QED) is 0.649. The fraction of sp³-hybridized carbons (Fsp3) is 0.625.